The van der Waals surface area contributed by atoms with Crippen molar-refractivity contribution in [3.8, 4) is 6.07 Å². The predicted molar refractivity (Wildman–Crippen MR) is 118 cm³/mol. The normalized spacial score (nSPS) is 17.2. The number of nitrogens with zero attached hydrogens (tertiary/aromatic N) is 4. The number of hydrogen-bond donors (Lipinski definition) is 4. The number of likely N-dealkylation sites (tertiary alicyclic amines) is 1. The first-order chi connectivity index (χ1) is 15.5. The molecule has 0 bridgehead atoms. The number of hydrogen-bond acceptors (Lipinski definition) is 6. The van der Waals surface area contributed by atoms with Crippen LogP contribution in [0.2, 0.25) is 0 Å². The number of aromatic amines is 1. The van der Waals surface area contributed by atoms with Crippen LogP contribution in [0.5, 0.6) is 0 Å². The van der Waals surface area contributed by atoms with Gasteiger partial charge in [-0.25, -0.2) is 4.79 Å². The van der Waals surface area contributed by atoms with E-state index in [1.165, 1.54) is 16.0 Å². The van der Waals surface area contributed by atoms with Gasteiger partial charge in [0.15, 0.2) is 5.82 Å². The lowest BCUT2D eigenvalue weighted by Crippen LogP contribution is -2.48. The summed E-state index contributed by atoms with van der Waals surface area (Å²) < 4.78 is 1.76. The Morgan fingerprint density at radius 2 is 2.03 bits per heavy atom. The van der Waals surface area contributed by atoms with Gasteiger partial charge in [-0.15, -0.1) is 0 Å². The molecule has 10 heteroatoms. The van der Waals surface area contributed by atoms with Crippen molar-refractivity contribution in [2.24, 2.45) is 0 Å². The first kappa shape index (κ1) is 20.1. The highest BCUT2D eigenvalue weighted by molar-refractivity contribution is 5.91. The molecule has 4 N–H and O–H groups in total. The molecule has 3 aromatic rings. The molecular weight excluding hydrogens is 410 g/mol. The number of carbonyl (C=O) groups is 1. The lowest BCUT2D eigenvalue weighted by molar-refractivity contribution is 0.0912. The van der Waals surface area contributed by atoms with E-state index in [0.717, 1.165) is 18.8 Å². The number of anilines is 2. The van der Waals surface area contributed by atoms with Crippen molar-refractivity contribution in [2.75, 3.05) is 18.4 Å². The van der Waals surface area contributed by atoms with Gasteiger partial charge >= 0.3 is 6.09 Å². The quantitative estimate of drug-likeness (QED) is 0.496. The standard InChI is InChI=1S/C22H23N7O3/c23-7-4-22(5-9-28(10-6-22)21(31)32)29-17-3-8-25-20(30)18(17)19(27-29)26-16-2-1-14-12-24-13-15(14)11-16/h1-3,8,11,24H,4-6,9-10,12-13H2,(H,25,30)(H,26,27)(H,31,32). The Morgan fingerprint density at radius 3 is 2.78 bits per heavy atom. The van der Waals surface area contributed by atoms with Gasteiger partial charge in [0.25, 0.3) is 5.56 Å². The number of amides is 1. The fourth-order valence-corrected chi connectivity index (χ4v) is 4.76. The van der Waals surface area contributed by atoms with Crippen molar-refractivity contribution in [1.82, 2.24) is 25.0 Å². The van der Waals surface area contributed by atoms with Crippen LogP contribution in [0.25, 0.3) is 10.9 Å². The average molecular weight is 433 g/mol. The zero-order chi connectivity index (χ0) is 22.3. The lowest BCUT2D eigenvalue weighted by Gasteiger charge is -2.40. The van der Waals surface area contributed by atoms with E-state index in [1.807, 2.05) is 12.1 Å². The van der Waals surface area contributed by atoms with Crippen LogP contribution in [0.1, 0.15) is 30.4 Å². The molecule has 4 heterocycles. The van der Waals surface area contributed by atoms with Gasteiger partial charge < -0.3 is 25.6 Å². The molecule has 164 valence electrons. The lowest BCUT2D eigenvalue weighted by atomic mass is 9.85. The molecule has 2 aliphatic heterocycles. The predicted octanol–water partition coefficient (Wildman–Crippen LogP) is 2.45. The van der Waals surface area contributed by atoms with Crippen molar-refractivity contribution in [1.29, 1.82) is 5.26 Å². The summed E-state index contributed by atoms with van der Waals surface area (Å²) in [6.45, 7) is 2.26. The Morgan fingerprint density at radius 1 is 1.25 bits per heavy atom. The summed E-state index contributed by atoms with van der Waals surface area (Å²) in [7, 11) is 0. The molecule has 0 radical (unpaired) electrons. The molecule has 10 nitrogen and oxygen atoms in total. The highest BCUT2D eigenvalue weighted by Crippen LogP contribution is 2.37. The minimum absolute atomic E-state index is 0.175. The first-order valence-corrected chi connectivity index (χ1v) is 10.6. The second-order valence-electron chi connectivity index (χ2n) is 8.37. The second kappa shape index (κ2) is 7.69. The summed E-state index contributed by atoms with van der Waals surface area (Å²) in [4.78, 5) is 28.2. The molecule has 32 heavy (non-hydrogen) atoms. The molecule has 0 spiro atoms. The average Bonchev–Trinajstić information content (AvgIpc) is 3.40. The number of benzene rings is 1. The van der Waals surface area contributed by atoms with Gasteiger partial charge in [-0.05, 0) is 42.2 Å². The summed E-state index contributed by atoms with van der Waals surface area (Å²) in [5.41, 5.74) is 2.95. The van der Waals surface area contributed by atoms with Gasteiger partial charge in [0, 0.05) is 38.1 Å². The fraction of sp³-hybridized carbons (Fsp3) is 0.364. The molecule has 0 atom stereocenters. The van der Waals surface area contributed by atoms with Crippen molar-refractivity contribution in [3.63, 3.8) is 0 Å². The number of carboxylic acid groups (broad SMARTS) is 1. The Kier molecular flexibility index (Phi) is 4.83. The molecule has 1 fully saturated rings. The molecule has 1 saturated heterocycles. The maximum absolute atomic E-state index is 12.8. The number of fused-ring (bicyclic) bond motifs is 2. The monoisotopic (exact) mass is 433 g/mol. The van der Waals surface area contributed by atoms with E-state index in [2.05, 4.69) is 27.8 Å². The van der Waals surface area contributed by atoms with Crippen molar-refractivity contribution < 1.29 is 9.90 Å². The highest BCUT2D eigenvalue weighted by Gasteiger charge is 2.40. The summed E-state index contributed by atoms with van der Waals surface area (Å²) in [5, 5.41) is 30.7. The van der Waals surface area contributed by atoms with Crippen LogP contribution in [-0.4, -0.2) is 44.0 Å². The van der Waals surface area contributed by atoms with Crippen LogP contribution < -0.4 is 16.2 Å². The van der Waals surface area contributed by atoms with Gasteiger partial charge in [-0.1, -0.05) is 6.07 Å². The number of rotatable bonds is 4. The molecule has 0 unspecified atom stereocenters. The van der Waals surface area contributed by atoms with E-state index in [-0.39, 0.29) is 12.0 Å². The minimum atomic E-state index is -0.967. The zero-order valence-electron chi connectivity index (χ0n) is 17.4. The third kappa shape index (κ3) is 3.27. The maximum Gasteiger partial charge on any atom is 0.407 e. The van der Waals surface area contributed by atoms with E-state index in [4.69, 9.17) is 5.10 Å². The van der Waals surface area contributed by atoms with E-state index >= 15 is 0 Å². The maximum atomic E-state index is 12.8. The summed E-state index contributed by atoms with van der Waals surface area (Å²) in [6, 6.07) is 10.1. The molecule has 2 aromatic heterocycles. The van der Waals surface area contributed by atoms with E-state index in [1.54, 1.807) is 16.9 Å². The third-order valence-electron chi connectivity index (χ3n) is 6.53. The Bertz CT molecular complexity index is 1300. The van der Waals surface area contributed by atoms with Gasteiger partial charge in [0.2, 0.25) is 0 Å². The zero-order valence-corrected chi connectivity index (χ0v) is 17.4. The van der Waals surface area contributed by atoms with Crippen molar-refractivity contribution in [3.05, 3.63) is 51.9 Å². The van der Waals surface area contributed by atoms with Gasteiger partial charge in [-0.2, -0.15) is 10.4 Å². The largest absolute Gasteiger partial charge is 0.465 e. The Balaban J connectivity index is 1.58. The molecule has 2 aliphatic rings. The SMILES string of the molecule is N#CCC1(n2nc(Nc3ccc4c(c3)CNC4)c3c(=O)[nH]ccc32)CCN(C(=O)O)CC1. The van der Waals surface area contributed by atoms with Crippen LogP contribution in [0, 0.1) is 11.3 Å². The molecule has 1 amide bonds. The number of nitriles is 1. The van der Waals surface area contributed by atoms with Crippen LogP contribution in [0.15, 0.2) is 35.3 Å². The molecule has 0 saturated carbocycles. The van der Waals surface area contributed by atoms with E-state index in [9.17, 15) is 20.0 Å². The third-order valence-corrected chi connectivity index (χ3v) is 6.53. The number of H-pyrrole nitrogens is 1. The molecular formula is C22H23N7O3. The van der Waals surface area contributed by atoms with E-state index < -0.39 is 11.6 Å². The fourth-order valence-electron chi connectivity index (χ4n) is 4.76. The molecule has 0 aliphatic carbocycles. The van der Waals surface area contributed by atoms with Crippen molar-refractivity contribution in [2.45, 2.75) is 37.9 Å². The summed E-state index contributed by atoms with van der Waals surface area (Å²) in [5.74, 6) is 0.422. The summed E-state index contributed by atoms with van der Waals surface area (Å²) >= 11 is 0. The number of pyridine rings is 1. The molecule has 1 aromatic carbocycles. The first-order valence-electron chi connectivity index (χ1n) is 10.6. The number of nitrogens with one attached hydrogen (secondary N) is 3. The smallest absolute Gasteiger partial charge is 0.407 e. The minimum Gasteiger partial charge on any atom is -0.465 e. The Labute approximate surface area is 183 Å². The van der Waals surface area contributed by atoms with Crippen LogP contribution >= 0.6 is 0 Å². The van der Waals surface area contributed by atoms with Crippen LogP contribution in [0.3, 0.4) is 0 Å². The molecule has 5 rings (SSSR count). The van der Waals surface area contributed by atoms with Crippen LogP contribution in [0.4, 0.5) is 16.3 Å². The van der Waals surface area contributed by atoms with E-state index in [0.29, 0.717) is 42.7 Å². The van der Waals surface area contributed by atoms with Crippen LogP contribution in [-0.2, 0) is 18.6 Å². The van der Waals surface area contributed by atoms with Crippen molar-refractivity contribution >= 4 is 28.5 Å². The van der Waals surface area contributed by atoms with Gasteiger partial charge in [-0.3, -0.25) is 9.48 Å². The number of aromatic nitrogens is 3. The summed E-state index contributed by atoms with van der Waals surface area (Å²) in [6.07, 6.45) is 1.67. The van der Waals surface area contributed by atoms with Gasteiger partial charge in [0.1, 0.15) is 5.39 Å². The highest BCUT2D eigenvalue weighted by atomic mass is 16.4. The number of piperidine rings is 1. The Hall–Kier alpha value is -3.84. The van der Waals surface area contributed by atoms with Gasteiger partial charge in [0.05, 0.1) is 23.5 Å². The second-order valence-corrected chi connectivity index (χ2v) is 8.37. The topological polar surface area (TPSA) is 139 Å².